The summed E-state index contributed by atoms with van der Waals surface area (Å²) in [6.45, 7) is 9.62. The van der Waals surface area contributed by atoms with Crippen molar-refractivity contribution in [3.8, 4) is 0 Å². The summed E-state index contributed by atoms with van der Waals surface area (Å²) in [7, 11) is -9.92. The van der Waals surface area contributed by atoms with E-state index in [1.165, 1.54) is 244 Å². The third kappa shape index (κ3) is 76.1. The molecule has 0 radical (unpaired) electrons. The Kier molecular flexibility index (Phi) is 72.2. The Balaban J connectivity index is 5.22. The maximum Gasteiger partial charge on any atom is 0.472 e. The molecule has 0 aliphatic carbocycles. The first kappa shape index (κ1) is 99.1. The van der Waals surface area contributed by atoms with Gasteiger partial charge in [0.25, 0.3) is 0 Å². The first-order valence-electron chi connectivity index (χ1n) is 42.5. The van der Waals surface area contributed by atoms with Crippen molar-refractivity contribution in [2.75, 3.05) is 39.6 Å². The molecular formula is C82H160O17P2. The molecule has 19 heteroatoms. The van der Waals surface area contributed by atoms with Gasteiger partial charge in [-0.25, -0.2) is 9.13 Å². The molecule has 0 spiro atoms. The van der Waals surface area contributed by atoms with Gasteiger partial charge in [-0.05, 0) is 37.5 Å². The SMILES string of the molecule is CCCCCCCCCCCCCCCCCCCC(=O)OC[C@H](COP(=O)(O)OC[C@@H](O)COP(=O)(O)OC[C@@H](COC(=O)CCCCCCCCCC(C)C)OC(=O)CCCCCCCCCCCCCCC)OC(=O)CCCCCCCCCCCCCCCCCCCCC(C)C. The summed E-state index contributed by atoms with van der Waals surface area (Å²) in [5.41, 5.74) is 0. The molecule has 0 saturated heterocycles. The molecule has 3 N–H and O–H groups in total. The number of phosphoric acid groups is 2. The van der Waals surface area contributed by atoms with E-state index in [0.717, 1.165) is 102 Å². The van der Waals surface area contributed by atoms with Crippen LogP contribution in [0.5, 0.6) is 0 Å². The second kappa shape index (κ2) is 73.6. The summed E-state index contributed by atoms with van der Waals surface area (Å²) in [4.78, 5) is 73.0. The number of aliphatic hydroxyl groups excluding tert-OH is 1. The van der Waals surface area contributed by atoms with Crippen molar-refractivity contribution in [2.45, 2.75) is 452 Å². The Hall–Kier alpha value is -1.94. The molecule has 0 amide bonds. The summed E-state index contributed by atoms with van der Waals surface area (Å²) < 4.78 is 68.7. The molecule has 600 valence electrons. The molecule has 0 saturated carbocycles. The molecule has 17 nitrogen and oxygen atoms in total. The van der Waals surface area contributed by atoms with Crippen LogP contribution < -0.4 is 0 Å². The zero-order valence-corrected chi connectivity index (χ0v) is 68.0. The standard InChI is InChI=1S/C82H160O17P2/c1-7-9-11-13-15-17-19-21-22-25-29-33-36-40-46-52-58-64-79(84)92-70-77(98-82(87)67-61-55-48-42-38-34-30-27-24-23-26-28-32-35-39-44-50-56-62-74(3)4)72-96-100(88,89)94-68-76(83)69-95-101(90,91)97-73-78(71-93-80(85)65-59-53-49-43-45-51-57-63-75(5)6)99-81(86)66-60-54-47-41-37-31-20-18-16-14-12-10-8-2/h74-78,83H,7-73H2,1-6H3,(H,88,89)(H,90,91)/t76-,77-,78-/m1/s1. The maximum atomic E-state index is 13.1. The Morgan fingerprint density at radius 1 is 0.267 bits per heavy atom. The fraction of sp³-hybridized carbons (Fsp3) is 0.951. The van der Waals surface area contributed by atoms with E-state index in [-0.39, 0.29) is 25.7 Å². The molecule has 0 bridgehead atoms. The van der Waals surface area contributed by atoms with Crippen LogP contribution in [0.4, 0.5) is 0 Å². The maximum absolute atomic E-state index is 13.1. The van der Waals surface area contributed by atoms with Gasteiger partial charge in [0.05, 0.1) is 26.4 Å². The van der Waals surface area contributed by atoms with E-state index in [0.29, 0.717) is 31.6 Å². The van der Waals surface area contributed by atoms with Crippen molar-refractivity contribution < 1.29 is 80.2 Å². The van der Waals surface area contributed by atoms with Gasteiger partial charge in [0.1, 0.15) is 19.3 Å². The van der Waals surface area contributed by atoms with Gasteiger partial charge in [0, 0.05) is 25.7 Å². The molecule has 5 atom stereocenters. The Labute approximate surface area is 619 Å². The molecule has 2 unspecified atom stereocenters. The third-order valence-electron chi connectivity index (χ3n) is 19.2. The lowest BCUT2D eigenvalue weighted by atomic mass is 10.0. The molecule has 101 heavy (non-hydrogen) atoms. The number of unbranched alkanes of at least 4 members (excludes halogenated alkanes) is 51. The highest BCUT2D eigenvalue weighted by Crippen LogP contribution is 2.45. The summed E-state index contributed by atoms with van der Waals surface area (Å²) in [5.74, 6) is -0.582. The normalized spacial score (nSPS) is 13.9. The van der Waals surface area contributed by atoms with Gasteiger partial charge in [0.15, 0.2) is 12.2 Å². The lowest BCUT2D eigenvalue weighted by molar-refractivity contribution is -0.161. The second-order valence-corrected chi connectivity index (χ2v) is 33.4. The van der Waals surface area contributed by atoms with E-state index in [1.54, 1.807) is 0 Å². The highest BCUT2D eigenvalue weighted by Gasteiger charge is 2.30. The Morgan fingerprint density at radius 2 is 0.455 bits per heavy atom. The summed E-state index contributed by atoms with van der Waals surface area (Å²) in [5, 5.41) is 10.6. The van der Waals surface area contributed by atoms with Crippen molar-refractivity contribution in [1.29, 1.82) is 0 Å². The van der Waals surface area contributed by atoms with Crippen LogP contribution in [0, 0.1) is 11.8 Å². The average molecular weight is 1480 g/mol. The fourth-order valence-electron chi connectivity index (χ4n) is 12.7. The van der Waals surface area contributed by atoms with Crippen molar-refractivity contribution in [1.82, 2.24) is 0 Å². The van der Waals surface area contributed by atoms with E-state index in [1.807, 2.05) is 0 Å². The number of hydrogen-bond acceptors (Lipinski definition) is 15. The highest BCUT2D eigenvalue weighted by molar-refractivity contribution is 7.47. The van der Waals surface area contributed by atoms with E-state index < -0.39 is 97.5 Å². The number of hydrogen-bond donors (Lipinski definition) is 3. The van der Waals surface area contributed by atoms with Gasteiger partial charge in [-0.2, -0.15) is 0 Å². The van der Waals surface area contributed by atoms with Crippen LogP contribution in [-0.2, 0) is 65.4 Å². The smallest absolute Gasteiger partial charge is 0.462 e. The average Bonchev–Trinajstić information content (AvgIpc) is 0.993. The molecular weight excluding hydrogens is 1320 g/mol. The summed E-state index contributed by atoms with van der Waals surface area (Å²) in [6.07, 6.45) is 63.9. The zero-order chi connectivity index (χ0) is 74.2. The minimum absolute atomic E-state index is 0.107. The van der Waals surface area contributed by atoms with Crippen molar-refractivity contribution in [2.24, 2.45) is 11.8 Å². The minimum atomic E-state index is -4.96. The Bertz CT molecular complexity index is 1940. The number of carbonyl (C=O) groups is 4. The molecule has 0 fully saturated rings. The van der Waals surface area contributed by atoms with Crippen molar-refractivity contribution >= 4 is 39.5 Å². The third-order valence-corrected chi connectivity index (χ3v) is 21.1. The van der Waals surface area contributed by atoms with Crippen LogP contribution in [0.3, 0.4) is 0 Å². The van der Waals surface area contributed by atoms with Gasteiger partial charge in [-0.15, -0.1) is 0 Å². The number of rotatable bonds is 81. The molecule has 0 heterocycles. The van der Waals surface area contributed by atoms with E-state index in [2.05, 4.69) is 41.5 Å². The number of carbonyl (C=O) groups excluding carboxylic acids is 4. The topological polar surface area (TPSA) is 237 Å². The lowest BCUT2D eigenvalue weighted by Crippen LogP contribution is -2.30. The van der Waals surface area contributed by atoms with E-state index >= 15 is 0 Å². The predicted octanol–water partition coefficient (Wildman–Crippen LogP) is 24.7. The van der Waals surface area contributed by atoms with E-state index in [9.17, 15) is 43.2 Å². The van der Waals surface area contributed by atoms with Gasteiger partial charge >= 0.3 is 39.5 Å². The van der Waals surface area contributed by atoms with E-state index in [4.69, 9.17) is 37.0 Å². The molecule has 0 aromatic carbocycles. The second-order valence-electron chi connectivity index (χ2n) is 30.5. The molecule has 0 aromatic heterocycles. The van der Waals surface area contributed by atoms with Crippen LogP contribution in [0.25, 0.3) is 0 Å². The van der Waals surface area contributed by atoms with Gasteiger partial charge < -0.3 is 33.8 Å². The number of esters is 4. The van der Waals surface area contributed by atoms with Gasteiger partial charge in [0.2, 0.25) is 0 Å². The zero-order valence-electron chi connectivity index (χ0n) is 66.2. The first-order chi connectivity index (χ1) is 48.9. The van der Waals surface area contributed by atoms with Crippen molar-refractivity contribution in [3.05, 3.63) is 0 Å². The fourth-order valence-corrected chi connectivity index (χ4v) is 14.3. The summed E-state index contributed by atoms with van der Waals surface area (Å²) in [6, 6.07) is 0. The monoisotopic (exact) mass is 1480 g/mol. The molecule has 0 aliphatic rings. The predicted molar refractivity (Wildman–Crippen MR) is 414 cm³/mol. The minimum Gasteiger partial charge on any atom is -0.462 e. The van der Waals surface area contributed by atoms with Gasteiger partial charge in [-0.1, -0.05) is 382 Å². The van der Waals surface area contributed by atoms with Crippen molar-refractivity contribution in [3.63, 3.8) is 0 Å². The molecule has 0 aliphatic heterocycles. The van der Waals surface area contributed by atoms with Crippen LogP contribution in [0.2, 0.25) is 0 Å². The molecule has 0 aromatic rings. The van der Waals surface area contributed by atoms with Gasteiger partial charge in [-0.3, -0.25) is 37.3 Å². The van der Waals surface area contributed by atoms with Crippen LogP contribution in [0.1, 0.15) is 433 Å². The highest BCUT2D eigenvalue weighted by atomic mass is 31.2. The number of phosphoric ester groups is 2. The Morgan fingerprint density at radius 3 is 0.673 bits per heavy atom. The van der Waals surface area contributed by atoms with Crippen LogP contribution in [0.15, 0.2) is 0 Å². The lowest BCUT2D eigenvalue weighted by Gasteiger charge is -2.21. The largest absolute Gasteiger partial charge is 0.472 e. The number of aliphatic hydroxyl groups is 1. The quantitative estimate of drug-likeness (QED) is 0.0222. The molecule has 0 rings (SSSR count). The number of ether oxygens (including phenoxy) is 4. The first-order valence-corrected chi connectivity index (χ1v) is 45.5. The van der Waals surface area contributed by atoms with Crippen LogP contribution in [-0.4, -0.2) is 96.7 Å². The van der Waals surface area contributed by atoms with Crippen LogP contribution >= 0.6 is 15.6 Å². The summed E-state index contributed by atoms with van der Waals surface area (Å²) >= 11 is 0.